The lowest BCUT2D eigenvalue weighted by Gasteiger charge is -2.29. The summed E-state index contributed by atoms with van der Waals surface area (Å²) in [5, 5.41) is 13.9. The molecule has 21 heavy (non-hydrogen) atoms. The molecule has 0 spiro atoms. The van der Waals surface area contributed by atoms with Crippen molar-refractivity contribution in [3.63, 3.8) is 0 Å². The molecule has 1 saturated carbocycles. The van der Waals surface area contributed by atoms with Gasteiger partial charge in [-0.1, -0.05) is 37.4 Å². The largest absolute Gasteiger partial charge is 0.389 e. The highest BCUT2D eigenvalue weighted by Crippen LogP contribution is 2.30. The van der Waals surface area contributed by atoms with Crippen molar-refractivity contribution in [1.29, 1.82) is 0 Å². The zero-order valence-electron chi connectivity index (χ0n) is 12.3. The minimum absolute atomic E-state index is 0.298. The van der Waals surface area contributed by atoms with Gasteiger partial charge in [-0.3, -0.25) is 0 Å². The van der Waals surface area contributed by atoms with Crippen molar-refractivity contribution >= 4 is 33.2 Å². The molecule has 3 unspecified atom stereocenters. The van der Waals surface area contributed by atoms with E-state index in [0.29, 0.717) is 30.2 Å². The van der Waals surface area contributed by atoms with Crippen LogP contribution in [0.15, 0.2) is 22.7 Å². The first-order valence-electron chi connectivity index (χ1n) is 7.55. The molecule has 0 aliphatic heterocycles. The van der Waals surface area contributed by atoms with Crippen molar-refractivity contribution < 1.29 is 9.84 Å². The van der Waals surface area contributed by atoms with Crippen molar-refractivity contribution in [1.82, 2.24) is 0 Å². The second kappa shape index (κ2) is 8.37. The Hall–Kier alpha value is -0.290. The number of aliphatic hydroxyl groups excluding tert-OH is 1. The van der Waals surface area contributed by atoms with E-state index in [4.69, 9.17) is 16.3 Å². The Balaban J connectivity index is 1.74. The highest BCUT2D eigenvalue weighted by Gasteiger charge is 2.22. The SMILES string of the molecule is CC1CCCCC1OCC(O)CNc1cccc(Cl)c1Br. The standard InChI is InChI=1S/C16H23BrClNO2/c1-11-5-2-3-8-15(11)21-10-12(20)9-19-14-7-4-6-13(18)16(14)17/h4,6-7,11-12,15,19-20H,2-3,5,8-10H2,1H3. The molecule has 0 radical (unpaired) electrons. The van der Waals surface area contributed by atoms with E-state index in [-0.39, 0.29) is 0 Å². The topological polar surface area (TPSA) is 41.5 Å². The summed E-state index contributed by atoms with van der Waals surface area (Å²) in [6.07, 6.45) is 4.65. The fourth-order valence-corrected chi connectivity index (χ4v) is 3.27. The summed E-state index contributed by atoms with van der Waals surface area (Å²) in [7, 11) is 0. The molecule has 5 heteroatoms. The maximum atomic E-state index is 10.1. The van der Waals surface area contributed by atoms with Gasteiger partial charge >= 0.3 is 0 Å². The summed E-state index contributed by atoms with van der Waals surface area (Å²) in [5.41, 5.74) is 0.882. The van der Waals surface area contributed by atoms with E-state index in [1.807, 2.05) is 18.2 Å². The van der Waals surface area contributed by atoms with Crippen LogP contribution >= 0.6 is 27.5 Å². The molecule has 0 saturated heterocycles. The van der Waals surface area contributed by atoms with Gasteiger partial charge in [0.25, 0.3) is 0 Å². The summed E-state index contributed by atoms with van der Waals surface area (Å²) in [6, 6.07) is 5.62. The van der Waals surface area contributed by atoms with Gasteiger partial charge in [-0.2, -0.15) is 0 Å². The molecular formula is C16H23BrClNO2. The monoisotopic (exact) mass is 375 g/mol. The predicted molar refractivity (Wildman–Crippen MR) is 91.0 cm³/mol. The molecule has 3 atom stereocenters. The molecule has 1 aliphatic rings. The number of ether oxygens (including phenoxy) is 1. The van der Waals surface area contributed by atoms with E-state index in [1.54, 1.807) is 0 Å². The lowest BCUT2D eigenvalue weighted by molar-refractivity contribution is -0.0424. The fraction of sp³-hybridized carbons (Fsp3) is 0.625. The van der Waals surface area contributed by atoms with Crippen LogP contribution in [0.4, 0.5) is 5.69 Å². The van der Waals surface area contributed by atoms with Crippen molar-refractivity contribution in [2.75, 3.05) is 18.5 Å². The highest BCUT2D eigenvalue weighted by molar-refractivity contribution is 9.10. The van der Waals surface area contributed by atoms with E-state index in [1.165, 1.54) is 19.3 Å². The number of anilines is 1. The third-order valence-corrected chi connectivity index (χ3v) is 5.41. The molecule has 1 fully saturated rings. The van der Waals surface area contributed by atoms with Crippen molar-refractivity contribution in [2.24, 2.45) is 5.92 Å². The van der Waals surface area contributed by atoms with Crippen LogP contribution in [-0.4, -0.2) is 30.5 Å². The molecule has 1 aromatic rings. The molecular weight excluding hydrogens is 354 g/mol. The number of hydrogen-bond acceptors (Lipinski definition) is 3. The van der Waals surface area contributed by atoms with Crippen molar-refractivity contribution in [2.45, 2.75) is 44.8 Å². The molecule has 2 rings (SSSR count). The summed E-state index contributed by atoms with van der Waals surface area (Å²) in [5.74, 6) is 0.598. The quantitative estimate of drug-likeness (QED) is 0.769. The molecule has 0 bridgehead atoms. The number of hydrogen-bond donors (Lipinski definition) is 2. The van der Waals surface area contributed by atoms with Gasteiger partial charge in [-0.05, 0) is 46.8 Å². The average Bonchev–Trinajstić information content (AvgIpc) is 2.48. The molecule has 1 aliphatic carbocycles. The fourth-order valence-electron chi connectivity index (χ4n) is 2.69. The predicted octanol–water partition coefficient (Wildman–Crippen LogP) is 4.47. The van der Waals surface area contributed by atoms with Crippen molar-refractivity contribution in [3.8, 4) is 0 Å². The first kappa shape index (κ1) is 17.1. The Bertz CT molecular complexity index is 458. The van der Waals surface area contributed by atoms with Crippen LogP contribution in [0, 0.1) is 5.92 Å². The van der Waals surface area contributed by atoms with Crippen LogP contribution < -0.4 is 5.32 Å². The summed E-state index contributed by atoms with van der Waals surface area (Å²) in [6.45, 7) is 3.05. The highest BCUT2D eigenvalue weighted by atomic mass is 79.9. The lowest BCUT2D eigenvalue weighted by atomic mass is 9.88. The zero-order chi connectivity index (χ0) is 15.2. The molecule has 2 N–H and O–H groups in total. The molecule has 1 aromatic carbocycles. The van der Waals surface area contributed by atoms with E-state index < -0.39 is 6.10 Å². The van der Waals surface area contributed by atoms with Gasteiger partial charge in [0.05, 0.1) is 34.0 Å². The van der Waals surface area contributed by atoms with E-state index >= 15 is 0 Å². The van der Waals surface area contributed by atoms with Crippen LogP contribution in [-0.2, 0) is 4.74 Å². The third kappa shape index (κ3) is 5.13. The minimum atomic E-state index is -0.523. The third-order valence-electron chi connectivity index (χ3n) is 4.02. The second-order valence-electron chi connectivity index (χ2n) is 5.77. The first-order valence-corrected chi connectivity index (χ1v) is 8.72. The van der Waals surface area contributed by atoms with Crippen LogP contribution in [0.25, 0.3) is 0 Å². The van der Waals surface area contributed by atoms with Gasteiger partial charge in [0.2, 0.25) is 0 Å². The number of nitrogens with one attached hydrogen (secondary N) is 1. The maximum absolute atomic E-state index is 10.1. The van der Waals surface area contributed by atoms with E-state index in [9.17, 15) is 5.11 Å². The molecule has 0 amide bonds. The summed E-state index contributed by atoms with van der Waals surface area (Å²) >= 11 is 9.47. The Morgan fingerprint density at radius 1 is 1.43 bits per heavy atom. The smallest absolute Gasteiger partial charge is 0.0945 e. The molecule has 0 aromatic heterocycles. The normalized spacial score (nSPS) is 23.8. The van der Waals surface area contributed by atoms with Crippen molar-refractivity contribution in [3.05, 3.63) is 27.7 Å². The minimum Gasteiger partial charge on any atom is -0.389 e. The summed E-state index contributed by atoms with van der Waals surface area (Å²) in [4.78, 5) is 0. The van der Waals surface area contributed by atoms with Crippen LogP contribution in [0.1, 0.15) is 32.6 Å². The van der Waals surface area contributed by atoms with Gasteiger partial charge in [0.1, 0.15) is 0 Å². The Labute approximate surface area is 140 Å². The summed E-state index contributed by atoms with van der Waals surface area (Å²) < 4.78 is 6.69. The van der Waals surface area contributed by atoms with Crippen LogP contribution in [0.2, 0.25) is 5.02 Å². The van der Waals surface area contributed by atoms with Gasteiger partial charge in [0.15, 0.2) is 0 Å². The Kier molecular flexibility index (Phi) is 6.80. The van der Waals surface area contributed by atoms with Crippen LogP contribution in [0.5, 0.6) is 0 Å². The number of aliphatic hydroxyl groups is 1. The second-order valence-corrected chi connectivity index (χ2v) is 6.97. The molecule has 3 nitrogen and oxygen atoms in total. The number of benzene rings is 1. The number of halogens is 2. The maximum Gasteiger partial charge on any atom is 0.0945 e. The van der Waals surface area contributed by atoms with Gasteiger partial charge in [-0.25, -0.2) is 0 Å². The van der Waals surface area contributed by atoms with Crippen LogP contribution in [0.3, 0.4) is 0 Å². The first-order chi connectivity index (χ1) is 10.1. The Morgan fingerprint density at radius 3 is 2.95 bits per heavy atom. The molecule has 118 valence electrons. The molecule has 0 heterocycles. The van der Waals surface area contributed by atoms with E-state index in [0.717, 1.165) is 16.6 Å². The lowest BCUT2D eigenvalue weighted by Crippen LogP contribution is -2.32. The number of rotatable bonds is 6. The Morgan fingerprint density at radius 2 is 2.19 bits per heavy atom. The van der Waals surface area contributed by atoms with Gasteiger partial charge in [0, 0.05) is 6.54 Å². The average molecular weight is 377 g/mol. The van der Waals surface area contributed by atoms with E-state index in [2.05, 4.69) is 28.2 Å². The van der Waals surface area contributed by atoms with Gasteiger partial charge in [-0.15, -0.1) is 0 Å². The van der Waals surface area contributed by atoms with Gasteiger partial charge < -0.3 is 15.2 Å². The zero-order valence-corrected chi connectivity index (χ0v) is 14.7.